The summed E-state index contributed by atoms with van der Waals surface area (Å²) in [6, 6.07) is 14.0. The van der Waals surface area contributed by atoms with Crippen LogP contribution in [0.25, 0.3) is 0 Å². The van der Waals surface area contributed by atoms with E-state index < -0.39 is 0 Å². The second-order valence-corrected chi connectivity index (χ2v) is 6.31. The summed E-state index contributed by atoms with van der Waals surface area (Å²) in [6.07, 6.45) is 0. The molecule has 0 spiro atoms. The fraction of sp³-hybridized carbons (Fsp3) is 0.222. The number of benzene rings is 2. The van der Waals surface area contributed by atoms with Crippen molar-refractivity contribution in [3.05, 3.63) is 53.6 Å². The van der Waals surface area contributed by atoms with Crippen LogP contribution >= 0.6 is 11.6 Å². The summed E-state index contributed by atoms with van der Waals surface area (Å²) in [7, 11) is 0. The monoisotopic (exact) mass is 343 g/mol. The summed E-state index contributed by atoms with van der Waals surface area (Å²) in [6.45, 7) is 3.91. The van der Waals surface area contributed by atoms with Crippen molar-refractivity contribution in [2.45, 2.75) is 19.9 Å². The number of hydrogen-bond acceptors (Lipinski definition) is 2. The zero-order valence-electron chi connectivity index (χ0n) is 13.5. The lowest BCUT2D eigenvalue weighted by atomic mass is 10.1. The molecule has 1 aliphatic rings. The maximum atomic E-state index is 12.7. The van der Waals surface area contributed by atoms with Crippen molar-refractivity contribution in [1.82, 2.24) is 0 Å². The number of hydrogen-bond donors (Lipinski definition) is 1. The van der Waals surface area contributed by atoms with E-state index in [4.69, 9.17) is 11.6 Å². The third kappa shape index (κ3) is 3.08. The number of carbonyl (C=O) groups is 2. The Morgan fingerprint density at radius 2 is 1.83 bits per heavy atom. The van der Waals surface area contributed by atoms with Crippen LogP contribution in [0.15, 0.2) is 48.5 Å². The Labute approximate surface area is 145 Å². The fourth-order valence-electron chi connectivity index (χ4n) is 2.83. The van der Waals surface area contributed by atoms with Crippen molar-refractivity contribution in [2.75, 3.05) is 21.7 Å². The van der Waals surface area contributed by atoms with E-state index in [1.165, 1.54) is 4.90 Å². The van der Waals surface area contributed by atoms with Gasteiger partial charge in [-0.2, -0.15) is 0 Å². The van der Waals surface area contributed by atoms with Crippen LogP contribution in [0.1, 0.15) is 13.8 Å². The summed E-state index contributed by atoms with van der Waals surface area (Å²) in [4.78, 5) is 28.3. The highest BCUT2D eigenvalue weighted by Gasteiger charge is 2.33. The smallest absolute Gasteiger partial charge is 0.307 e. The molecule has 0 saturated heterocycles. The molecule has 3 amide bonds. The zero-order chi connectivity index (χ0) is 17.3. The molecule has 0 aliphatic carbocycles. The highest BCUT2D eigenvalue weighted by molar-refractivity contribution is 6.31. The predicted molar refractivity (Wildman–Crippen MR) is 96.9 cm³/mol. The Hall–Kier alpha value is -2.53. The van der Waals surface area contributed by atoms with E-state index in [1.54, 1.807) is 29.2 Å². The normalized spacial score (nSPS) is 13.9. The number of amides is 3. The molecule has 124 valence electrons. The van der Waals surface area contributed by atoms with Gasteiger partial charge in [0.25, 0.3) is 0 Å². The molecule has 0 radical (unpaired) electrons. The minimum Gasteiger partial charge on any atom is -0.307 e. The van der Waals surface area contributed by atoms with Crippen LogP contribution in [-0.2, 0) is 4.79 Å². The molecule has 1 aliphatic heterocycles. The molecule has 0 saturated carbocycles. The summed E-state index contributed by atoms with van der Waals surface area (Å²) >= 11 is 5.95. The third-order valence-electron chi connectivity index (χ3n) is 3.83. The summed E-state index contributed by atoms with van der Waals surface area (Å²) < 4.78 is 0. The van der Waals surface area contributed by atoms with Crippen LogP contribution in [0.3, 0.4) is 0 Å². The first-order valence-electron chi connectivity index (χ1n) is 7.72. The average Bonchev–Trinajstić information content (AvgIpc) is 2.53. The number of carbonyl (C=O) groups excluding carboxylic acids is 2. The molecule has 2 aromatic rings. The highest BCUT2D eigenvalue weighted by atomic mass is 35.5. The van der Waals surface area contributed by atoms with Gasteiger partial charge in [-0.3, -0.25) is 9.69 Å². The molecule has 24 heavy (non-hydrogen) atoms. The van der Waals surface area contributed by atoms with Gasteiger partial charge >= 0.3 is 6.03 Å². The van der Waals surface area contributed by atoms with Gasteiger partial charge in [-0.1, -0.05) is 29.8 Å². The summed E-state index contributed by atoms with van der Waals surface area (Å²) in [5.41, 5.74) is 2.04. The molecule has 1 heterocycles. The van der Waals surface area contributed by atoms with Gasteiger partial charge in [0.1, 0.15) is 6.54 Å². The topological polar surface area (TPSA) is 52.7 Å². The second kappa shape index (κ2) is 6.53. The first-order chi connectivity index (χ1) is 11.5. The average molecular weight is 344 g/mol. The van der Waals surface area contributed by atoms with Crippen molar-refractivity contribution in [3.8, 4) is 0 Å². The first-order valence-corrected chi connectivity index (χ1v) is 8.10. The van der Waals surface area contributed by atoms with E-state index in [0.717, 1.165) is 5.69 Å². The van der Waals surface area contributed by atoms with Crippen molar-refractivity contribution in [1.29, 1.82) is 0 Å². The van der Waals surface area contributed by atoms with Gasteiger partial charge in [-0.25, -0.2) is 4.79 Å². The van der Waals surface area contributed by atoms with Gasteiger partial charge in [0.15, 0.2) is 0 Å². The fourth-order valence-corrected chi connectivity index (χ4v) is 3.02. The minimum atomic E-state index is -0.360. The Kier molecular flexibility index (Phi) is 4.44. The predicted octanol–water partition coefficient (Wildman–Crippen LogP) is 4.13. The number of halogens is 1. The number of anilines is 3. The van der Waals surface area contributed by atoms with E-state index >= 15 is 0 Å². The maximum absolute atomic E-state index is 12.7. The molecule has 0 unspecified atom stereocenters. The molecule has 1 N–H and O–H groups in total. The van der Waals surface area contributed by atoms with Gasteiger partial charge in [-0.15, -0.1) is 0 Å². The van der Waals surface area contributed by atoms with Gasteiger partial charge in [0.2, 0.25) is 5.91 Å². The minimum absolute atomic E-state index is 0.00158. The molecule has 0 atom stereocenters. The standard InChI is InChI=1S/C18H18ClN3O2/c1-12(2)22-16-9-4-3-8-15(16)21(11-17(22)23)18(24)20-14-7-5-6-13(19)10-14/h3-10,12H,11H2,1-2H3,(H,20,24). The van der Waals surface area contributed by atoms with E-state index in [-0.39, 0.29) is 24.5 Å². The lowest BCUT2D eigenvalue weighted by molar-refractivity contribution is -0.117. The lowest BCUT2D eigenvalue weighted by Gasteiger charge is -2.38. The van der Waals surface area contributed by atoms with Crippen LogP contribution < -0.4 is 15.1 Å². The van der Waals surface area contributed by atoms with E-state index in [0.29, 0.717) is 16.4 Å². The van der Waals surface area contributed by atoms with Gasteiger partial charge < -0.3 is 10.2 Å². The molecule has 0 aromatic heterocycles. The SMILES string of the molecule is CC(C)N1C(=O)CN(C(=O)Nc2cccc(Cl)c2)c2ccccc21. The molecular weight excluding hydrogens is 326 g/mol. The number of nitrogens with one attached hydrogen (secondary N) is 1. The number of rotatable bonds is 2. The third-order valence-corrected chi connectivity index (χ3v) is 4.07. The van der Waals surface area contributed by atoms with Crippen LogP contribution in [0.5, 0.6) is 0 Å². The van der Waals surface area contributed by atoms with E-state index in [1.807, 2.05) is 38.1 Å². The molecule has 6 heteroatoms. The van der Waals surface area contributed by atoms with Crippen molar-refractivity contribution in [2.24, 2.45) is 0 Å². The van der Waals surface area contributed by atoms with Crippen molar-refractivity contribution in [3.63, 3.8) is 0 Å². The highest BCUT2D eigenvalue weighted by Crippen LogP contribution is 2.35. The number of fused-ring (bicyclic) bond motifs is 1. The van der Waals surface area contributed by atoms with Gasteiger partial charge in [0.05, 0.1) is 11.4 Å². The number of urea groups is 1. The largest absolute Gasteiger partial charge is 0.326 e. The van der Waals surface area contributed by atoms with Gasteiger partial charge in [-0.05, 0) is 44.2 Å². The van der Waals surface area contributed by atoms with Crippen LogP contribution in [0, 0.1) is 0 Å². The molecule has 0 bridgehead atoms. The van der Waals surface area contributed by atoms with Crippen molar-refractivity contribution >= 4 is 40.6 Å². The maximum Gasteiger partial charge on any atom is 0.326 e. The Bertz CT molecular complexity index is 791. The number of nitrogens with zero attached hydrogens (tertiary/aromatic N) is 2. The first kappa shape index (κ1) is 16.3. The lowest BCUT2D eigenvalue weighted by Crippen LogP contribution is -2.51. The van der Waals surface area contributed by atoms with Crippen LogP contribution in [0.2, 0.25) is 5.02 Å². The molecule has 0 fully saturated rings. The van der Waals surface area contributed by atoms with Crippen LogP contribution in [-0.4, -0.2) is 24.5 Å². The van der Waals surface area contributed by atoms with Crippen LogP contribution in [0.4, 0.5) is 21.9 Å². The Morgan fingerprint density at radius 3 is 2.50 bits per heavy atom. The molecule has 2 aromatic carbocycles. The van der Waals surface area contributed by atoms with E-state index in [2.05, 4.69) is 5.32 Å². The van der Waals surface area contributed by atoms with Gasteiger partial charge in [0, 0.05) is 16.8 Å². The number of para-hydroxylation sites is 2. The molecular formula is C18H18ClN3O2. The molecule has 5 nitrogen and oxygen atoms in total. The molecule has 3 rings (SSSR count). The van der Waals surface area contributed by atoms with Crippen molar-refractivity contribution < 1.29 is 9.59 Å². The van der Waals surface area contributed by atoms with E-state index in [9.17, 15) is 9.59 Å². The Balaban J connectivity index is 1.92. The second-order valence-electron chi connectivity index (χ2n) is 5.87. The summed E-state index contributed by atoms with van der Waals surface area (Å²) in [5, 5.41) is 3.33. The Morgan fingerprint density at radius 1 is 1.12 bits per heavy atom. The quantitative estimate of drug-likeness (QED) is 0.891. The zero-order valence-corrected chi connectivity index (χ0v) is 14.2. The summed E-state index contributed by atoms with van der Waals surface area (Å²) in [5.74, 6) is -0.107.